The number of hydrogen-bond acceptors (Lipinski definition) is 5. The van der Waals surface area contributed by atoms with Crippen LogP contribution in [0.5, 0.6) is 5.75 Å². The van der Waals surface area contributed by atoms with Gasteiger partial charge in [-0.2, -0.15) is 0 Å². The number of halogens is 2. The Morgan fingerprint density at radius 2 is 1.69 bits per heavy atom. The molecule has 3 aromatic heterocycles. The lowest BCUT2D eigenvalue weighted by molar-refractivity contribution is 0.234. The third-order valence-corrected chi connectivity index (χ3v) is 8.20. The summed E-state index contributed by atoms with van der Waals surface area (Å²) < 4.78 is 37.6. The van der Waals surface area contributed by atoms with Crippen molar-refractivity contribution < 1.29 is 13.5 Å². The first-order valence-electron chi connectivity index (χ1n) is 13.4. The van der Waals surface area contributed by atoms with Crippen LogP contribution in [0.2, 0.25) is 0 Å². The smallest absolute Gasteiger partial charge is 0.165 e. The lowest BCUT2D eigenvalue weighted by Gasteiger charge is -2.21. The minimum atomic E-state index is -0.857. The molecule has 2 aromatic carbocycles. The van der Waals surface area contributed by atoms with Crippen LogP contribution in [0.3, 0.4) is 0 Å². The summed E-state index contributed by atoms with van der Waals surface area (Å²) in [7, 11) is 0. The van der Waals surface area contributed by atoms with Crippen molar-refractivity contribution in [3.8, 4) is 39.5 Å². The molecule has 5 aromatic rings. The third-order valence-electron chi connectivity index (χ3n) is 8.20. The van der Waals surface area contributed by atoms with E-state index in [9.17, 15) is 4.39 Å². The van der Waals surface area contributed by atoms with Crippen LogP contribution >= 0.6 is 0 Å². The average molecular weight is 528 g/mol. The van der Waals surface area contributed by atoms with Crippen molar-refractivity contribution in [2.45, 2.75) is 44.2 Å². The molecule has 8 rings (SSSR count). The number of nitrogens with zero attached hydrogens (tertiary/aromatic N) is 3. The topological polar surface area (TPSA) is 95.6 Å². The van der Waals surface area contributed by atoms with Gasteiger partial charge in [-0.3, -0.25) is 0 Å². The monoisotopic (exact) mass is 527 g/mol. The highest BCUT2D eigenvalue weighted by Gasteiger charge is 2.29. The summed E-state index contributed by atoms with van der Waals surface area (Å²) in [5.41, 5.74) is 5.46. The molecule has 10 heteroatoms. The Morgan fingerprint density at radius 3 is 2.44 bits per heavy atom. The van der Waals surface area contributed by atoms with Crippen molar-refractivity contribution in [3.05, 3.63) is 66.3 Å². The molecule has 4 N–H and O–H groups in total. The van der Waals surface area contributed by atoms with Gasteiger partial charge in [0.15, 0.2) is 12.5 Å². The Balaban J connectivity index is 1.13. The number of rotatable bonds is 4. The summed E-state index contributed by atoms with van der Waals surface area (Å²) in [4.78, 5) is 15.7. The molecule has 198 valence electrons. The molecule has 3 aliphatic rings. The number of alkyl halides is 1. The number of ether oxygens (including phenoxy) is 1. The fraction of sp³-hybridized carbons (Fsp3) is 0.310. The Labute approximate surface area is 222 Å². The van der Waals surface area contributed by atoms with Gasteiger partial charge < -0.3 is 29.9 Å². The van der Waals surface area contributed by atoms with E-state index in [1.54, 1.807) is 6.20 Å². The summed E-state index contributed by atoms with van der Waals surface area (Å²) in [6, 6.07) is 11.7. The van der Waals surface area contributed by atoms with E-state index in [0.717, 1.165) is 59.1 Å². The molecule has 0 amide bonds. The maximum Gasteiger partial charge on any atom is 0.165 e. The number of aromatic amines is 2. The summed E-state index contributed by atoms with van der Waals surface area (Å²) in [6.07, 6.45) is 5.32. The minimum absolute atomic E-state index is 0.120. The number of aromatic nitrogens is 5. The van der Waals surface area contributed by atoms with Crippen molar-refractivity contribution in [2.24, 2.45) is 0 Å². The highest BCUT2D eigenvalue weighted by atomic mass is 19.1. The standard InChI is InChI=1S/C29H27F2N7O/c30-17-10-21(33-11-17)29-35-13-23(37-29)16-3-5-18-25(9-16)39-14-38-24-6-4-15(8-19(24)26(31)27(18)38)22-12-34-28(36-22)20-2-1-7-32-20/h3-6,8-9,12-13,17,20-21,32-33H,1-2,7,10-11,14H2,(H,34,36)(H,35,37)/t17-,20+,21+/m1/s1. The molecule has 3 aliphatic heterocycles. The van der Waals surface area contributed by atoms with E-state index in [2.05, 4.69) is 30.6 Å². The summed E-state index contributed by atoms with van der Waals surface area (Å²) in [5.74, 6) is 1.99. The summed E-state index contributed by atoms with van der Waals surface area (Å²) in [6.45, 7) is 1.56. The van der Waals surface area contributed by atoms with Gasteiger partial charge >= 0.3 is 0 Å². The second-order valence-electron chi connectivity index (χ2n) is 10.6. The first-order chi connectivity index (χ1) is 19.1. The first kappa shape index (κ1) is 22.9. The van der Waals surface area contributed by atoms with Gasteiger partial charge in [0.2, 0.25) is 0 Å². The van der Waals surface area contributed by atoms with Crippen LogP contribution in [0.15, 0.2) is 48.8 Å². The van der Waals surface area contributed by atoms with Gasteiger partial charge in [0.25, 0.3) is 0 Å². The normalized spacial score (nSPS) is 22.3. The number of nitrogens with one attached hydrogen (secondary N) is 4. The number of fused-ring (bicyclic) bond motifs is 5. The van der Waals surface area contributed by atoms with Crippen LogP contribution in [0.25, 0.3) is 44.7 Å². The van der Waals surface area contributed by atoms with Crippen LogP contribution in [-0.2, 0) is 6.73 Å². The van der Waals surface area contributed by atoms with Crippen LogP contribution in [0.1, 0.15) is 43.0 Å². The quantitative estimate of drug-likeness (QED) is 0.252. The molecule has 6 heterocycles. The molecule has 0 aliphatic carbocycles. The van der Waals surface area contributed by atoms with Crippen molar-refractivity contribution in [1.29, 1.82) is 0 Å². The SMILES string of the molecule is Fc1c2n(c3ccc(-c4cnc([C@@H]5CCCN5)[nH]4)cc13)COc1cc(-c3cnc([C@@H]4C[C@@H](F)CN4)[nH]3)ccc1-2. The van der Waals surface area contributed by atoms with E-state index in [-0.39, 0.29) is 24.6 Å². The van der Waals surface area contributed by atoms with Crippen molar-refractivity contribution >= 4 is 10.9 Å². The Kier molecular flexibility index (Phi) is 5.14. The van der Waals surface area contributed by atoms with E-state index in [0.29, 0.717) is 35.4 Å². The zero-order valence-electron chi connectivity index (χ0n) is 21.1. The van der Waals surface area contributed by atoms with E-state index < -0.39 is 6.17 Å². The highest BCUT2D eigenvalue weighted by Crippen LogP contribution is 2.43. The van der Waals surface area contributed by atoms with Gasteiger partial charge in [0, 0.05) is 35.0 Å². The molecule has 3 atom stereocenters. The van der Waals surface area contributed by atoms with Gasteiger partial charge in [-0.05, 0) is 43.7 Å². The molecule has 0 bridgehead atoms. The molecule has 0 unspecified atom stereocenters. The summed E-state index contributed by atoms with van der Waals surface area (Å²) in [5, 5.41) is 7.15. The Morgan fingerprint density at radius 1 is 0.923 bits per heavy atom. The lowest BCUT2D eigenvalue weighted by Crippen LogP contribution is -2.15. The minimum Gasteiger partial charge on any atom is -0.472 e. The maximum atomic E-state index is 16.0. The molecule has 0 spiro atoms. The maximum absolute atomic E-state index is 16.0. The van der Waals surface area contributed by atoms with Crippen LogP contribution < -0.4 is 15.4 Å². The van der Waals surface area contributed by atoms with Gasteiger partial charge in [-0.1, -0.05) is 12.1 Å². The predicted molar refractivity (Wildman–Crippen MR) is 143 cm³/mol. The first-order valence-corrected chi connectivity index (χ1v) is 13.4. The van der Waals surface area contributed by atoms with Crippen molar-refractivity contribution in [3.63, 3.8) is 0 Å². The van der Waals surface area contributed by atoms with Gasteiger partial charge in [0.1, 0.15) is 23.6 Å². The van der Waals surface area contributed by atoms with Crippen LogP contribution in [0, 0.1) is 5.82 Å². The fourth-order valence-corrected chi connectivity index (χ4v) is 6.16. The molecular formula is C29H27F2N7O. The highest BCUT2D eigenvalue weighted by molar-refractivity contribution is 5.92. The number of hydrogen-bond donors (Lipinski definition) is 4. The second-order valence-corrected chi connectivity index (χ2v) is 10.6. The van der Waals surface area contributed by atoms with E-state index in [1.165, 1.54) is 0 Å². The van der Waals surface area contributed by atoms with E-state index >= 15 is 4.39 Å². The zero-order valence-corrected chi connectivity index (χ0v) is 21.1. The molecule has 8 nitrogen and oxygen atoms in total. The Bertz CT molecular complexity index is 1710. The second kappa shape index (κ2) is 8.75. The third kappa shape index (κ3) is 3.70. The van der Waals surface area contributed by atoms with E-state index in [4.69, 9.17) is 4.74 Å². The Hall–Kier alpha value is -4.02. The van der Waals surface area contributed by atoms with Gasteiger partial charge in [0.05, 0.1) is 47.1 Å². The molecule has 0 radical (unpaired) electrons. The van der Waals surface area contributed by atoms with Crippen molar-refractivity contribution in [2.75, 3.05) is 13.1 Å². The molecule has 39 heavy (non-hydrogen) atoms. The fourth-order valence-electron chi connectivity index (χ4n) is 6.16. The molecule has 2 fully saturated rings. The van der Waals surface area contributed by atoms with Crippen LogP contribution in [0.4, 0.5) is 8.78 Å². The van der Waals surface area contributed by atoms with Gasteiger partial charge in [-0.25, -0.2) is 18.7 Å². The average Bonchev–Trinajstić information content (AvgIpc) is 3.79. The predicted octanol–water partition coefficient (Wildman–Crippen LogP) is 5.37. The lowest BCUT2D eigenvalue weighted by atomic mass is 10.0. The summed E-state index contributed by atoms with van der Waals surface area (Å²) >= 11 is 0. The number of imidazole rings is 2. The number of benzene rings is 2. The number of H-pyrrole nitrogens is 2. The molecular weight excluding hydrogens is 500 g/mol. The molecule has 2 saturated heterocycles. The molecule has 0 saturated carbocycles. The van der Waals surface area contributed by atoms with Gasteiger partial charge in [-0.15, -0.1) is 0 Å². The zero-order chi connectivity index (χ0) is 26.1. The van der Waals surface area contributed by atoms with E-state index in [1.807, 2.05) is 47.2 Å². The van der Waals surface area contributed by atoms with Crippen molar-refractivity contribution in [1.82, 2.24) is 35.1 Å². The van der Waals surface area contributed by atoms with Crippen LogP contribution in [-0.4, -0.2) is 43.8 Å². The largest absolute Gasteiger partial charge is 0.472 e.